The molecule has 27 heavy (non-hydrogen) atoms. The molecule has 2 heterocycles. The smallest absolute Gasteiger partial charge is 0.280 e. The molecule has 0 aliphatic rings. The van der Waals surface area contributed by atoms with Gasteiger partial charge in [0.25, 0.3) is 6.67 Å². The molecule has 0 fully saturated rings. The lowest BCUT2D eigenvalue weighted by Crippen LogP contribution is -2.23. The molecule has 0 radical (unpaired) electrons. The lowest BCUT2D eigenvalue weighted by molar-refractivity contribution is 0.402. The van der Waals surface area contributed by atoms with Gasteiger partial charge in [0.1, 0.15) is 10.6 Å². The molecule has 2 aromatic heterocycles. The van der Waals surface area contributed by atoms with E-state index in [1.165, 1.54) is 24.0 Å². The van der Waals surface area contributed by atoms with Crippen LogP contribution in [-0.4, -0.2) is 47.4 Å². The topological polar surface area (TPSA) is 116 Å². The van der Waals surface area contributed by atoms with E-state index < -0.39 is 10.0 Å². The van der Waals surface area contributed by atoms with Gasteiger partial charge in [-0.05, 0) is 41.1 Å². The van der Waals surface area contributed by atoms with Crippen LogP contribution in [0, 0.1) is 6.57 Å². The van der Waals surface area contributed by atoms with Crippen molar-refractivity contribution in [2.75, 3.05) is 13.8 Å². The fourth-order valence-corrected chi connectivity index (χ4v) is 3.35. The molecule has 0 aliphatic heterocycles. The second kappa shape index (κ2) is 7.90. The van der Waals surface area contributed by atoms with Gasteiger partial charge in [-0.3, -0.25) is 9.83 Å². The van der Waals surface area contributed by atoms with E-state index in [2.05, 4.69) is 30.0 Å². The molecule has 1 aromatic carbocycles. The fourth-order valence-electron chi connectivity index (χ4n) is 2.30. The number of tetrazole rings is 1. The third-order valence-electron chi connectivity index (χ3n) is 3.57. The van der Waals surface area contributed by atoms with Crippen molar-refractivity contribution in [3.8, 4) is 17.1 Å². The van der Waals surface area contributed by atoms with Gasteiger partial charge in [0, 0.05) is 18.0 Å². The SMILES string of the molecule is [C-]#[N+]CNS(=O)(=O)c1ccc(-c2nnn(Cc3ccncc3)n2)cc1OC. The van der Waals surface area contributed by atoms with E-state index in [0.29, 0.717) is 17.9 Å². The summed E-state index contributed by atoms with van der Waals surface area (Å²) in [6, 6.07) is 8.15. The first-order valence-electron chi connectivity index (χ1n) is 7.71. The molecule has 0 spiro atoms. The van der Waals surface area contributed by atoms with E-state index in [9.17, 15) is 8.42 Å². The van der Waals surface area contributed by atoms with E-state index in [0.717, 1.165) is 5.56 Å². The Labute approximate surface area is 155 Å². The minimum Gasteiger partial charge on any atom is -0.495 e. The van der Waals surface area contributed by atoms with Crippen LogP contribution >= 0.6 is 0 Å². The van der Waals surface area contributed by atoms with Gasteiger partial charge >= 0.3 is 0 Å². The summed E-state index contributed by atoms with van der Waals surface area (Å²) < 4.78 is 31.8. The number of sulfonamides is 1. The molecule has 0 atom stereocenters. The number of nitrogens with zero attached hydrogens (tertiary/aromatic N) is 6. The Bertz CT molecular complexity index is 1070. The van der Waals surface area contributed by atoms with Crippen molar-refractivity contribution in [3.63, 3.8) is 0 Å². The first-order chi connectivity index (χ1) is 13.0. The summed E-state index contributed by atoms with van der Waals surface area (Å²) in [5, 5.41) is 12.3. The van der Waals surface area contributed by atoms with Gasteiger partial charge < -0.3 is 4.74 Å². The predicted octanol–water partition coefficient (Wildman–Crippen LogP) is 0.947. The Balaban J connectivity index is 1.87. The van der Waals surface area contributed by atoms with E-state index >= 15 is 0 Å². The minimum absolute atomic E-state index is 0.0680. The van der Waals surface area contributed by atoms with Gasteiger partial charge in [0.05, 0.1) is 13.7 Å². The third-order valence-corrected chi connectivity index (χ3v) is 5.00. The van der Waals surface area contributed by atoms with Gasteiger partial charge in [-0.1, -0.05) is 0 Å². The van der Waals surface area contributed by atoms with Crippen LogP contribution in [0.25, 0.3) is 16.2 Å². The second-order valence-electron chi connectivity index (χ2n) is 5.33. The monoisotopic (exact) mass is 385 g/mol. The van der Waals surface area contributed by atoms with Crippen molar-refractivity contribution >= 4 is 10.0 Å². The van der Waals surface area contributed by atoms with E-state index in [-0.39, 0.29) is 17.3 Å². The number of hydrogen-bond donors (Lipinski definition) is 1. The number of aromatic nitrogens is 5. The van der Waals surface area contributed by atoms with Gasteiger partial charge in [0.2, 0.25) is 15.8 Å². The highest BCUT2D eigenvalue weighted by molar-refractivity contribution is 7.89. The average molecular weight is 385 g/mol. The van der Waals surface area contributed by atoms with Crippen LogP contribution in [0.4, 0.5) is 0 Å². The highest BCUT2D eigenvalue weighted by atomic mass is 32.2. The maximum absolute atomic E-state index is 12.2. The molecular weight excluding hydrogens is 370 g/mol. The van der Waals surface area contributed by atoms with Crippen molar-refractivity contribution in [1.82, 2.24) is 29.9 Å². The molecule has 3 rings (SSSR count). The predicted molar refractivity (Wildman–Crippen MR) is 94.9 cm³/mol. The fraction of sp³-hybridized carbons (Fsp3) is 0.188. The van der Waals surface area contributed by atoms with Crippen molar-refractivity contribution in [2.24, 2.45) is 0 Å². The van der Waals surface area contributed by atoms with Gasteiger partial charge in [-0.2, -0.15) is 4.80 Å². The lowest BCUT2D eigenvalue weighted by atomic mass is 10.2. The summed E-state index contributed by atoms with van der Waals surface area (Å²) in [6.45, 7) is 6.79. The first-order valence-corrected chi connectivity index (χ1v) is 9.20. The van der Waals surface area contributed by atoms with Crippen molar-refractivity contribution in [3.05, 3.63) is 59.7 Å². The number of ether oxygens (including phenoxy) is 1. The zero-order chi connectivity index (χ0) is 19.3. The maximum Gasteiger partial charge on any atom is 0.280 e. The Morgan fingerprint density at radius 3 is 2.74 bits per heavy atom. The summed E-state index contributed by atoms with van der Waals surface area (Å²) in [6.07, 6.45) is 3.36. The van der Waals surface area contributed by atoms with Crippen molar-refractivity contribution in [1.29, 1.82) is 0 Å². The quantitative estimate of drug-likeness (QED) is 0.602. The van der Waals surface area contributed by atoms with Crippen LogP contribution in [-0.2, 0) is 16.6 Å². The molecule has 138 valence electrons. The van der Waals surface area contributed by atoms with Crippen LogP contribution < -0.4 is 9.46 Å². The Morgan fingerprint density at radius 1 is 1.26 bits per heavy atom. The number of methoxy groups -OCH3 is 1. The van der Waals surface area contributed by atoms with Crippen LogP contribution in [0.2, 0.25) is 0 Å². The standard InChI is InChI=1S/C16H15N7O3S/c1-17-11-19-27(24,25)15-4-3-13(9-14(15)26-2)16-20-22-23(21-16)10-12-5-7-18-8-6-12/h3-9,19H,10-11H2,2H3. The molecule has 0 amide bonds. The zero-order valence-electron chi connectivity index (χ0n) is 14.3. The average Bonchev–Trinajstić information content (AvgIpc) is 3.15. The van der Waals surface area contributed by atoms with Gasteiger partial charge in [-0.15, -0.1) is 14.9 Å². The molecule has 0 unspecified atom stereocenters. The zero-order valence-corrected chi connectivity index (χ0v) is 15.1. The Hall–Kier alpha value is -3.36. The molecule has 0 saturated heterocycles. The maximum atomic E-state index is 12.2. The van der Waals surface area contributed by atoms with Crippen LogP contribution in [0.3, 0.4) is 0 Å². The highest BCUT2D eigenvalue weighted by Gasteiger charge is 2.21. The number of benzene rings is 1. The number of nitrogens with one attached hydrogen (secondary N) is 1. The Kier molecular flexibility index (Phi) is 5.39. The van der Waals surface area contributed by atoms with E-state index in [1.54, 1.807) is 18.5 Å². The third kappa shape index (κ3) is 4.25. The molecule has 11 heteroatoms. The van der Waals surface area contributed by atoms with E-state index in [1.807, 2.05) is 12.1 Å². The number of pyridine rings is 1. The summed E-state index contributed by atoms with van der Waals surface area (Å²) in [5.74, 6) is 0.455. The summed E-state index contributed by atoms with van der Waals surface area (Å²) in [7, 11) is -2.49. The second-order valence-corrected chi connectivity index (χ2v) is 7.06. The summed E-state index contributed by atoms with van der Waals surface area (Å²) in [4.78, 5) is 8.31. The van der Waals surface area contributed by atoms with Crippen molar-refractivity contribution in [2.45, 2.75) is 11.4 Å². The first kappa shape index (κ1) is 18.4. The number of hydrogen-bond acceptors (Lipinski definition) is 7. The molecule has 0 bridgehead atoms. The largest absolute Gasteiger partial charge is 0.495 e. The van der Waals surface area contributed by atoms with Crippen LogP contribution in [0.5, 0.6) is 5.75 Å². The Morgan fingerprint density at radius 2 is 2.04 bits per heavy atom. The normalized spacial score (nSPS) is 11.1. The van der Waals surface area contributed by atoms with Crippen LogP contribution in [0.15, 0.2) is 47.6 Å². The van der Waals surface area contributed by atoms with Gasteiger partial charge in [-0.25, -0.2) is 15.0 Å². The molecule has 1 N–H and O–H groups in total. The molecule has 0 aliphatic carbocycles. The van der Waals surface area contributed by atoms with Crippen LogP contribution in [0.1, 0.15) is 5.56 Å². The van der Waals surface area contributed by atoms with Crippen molar-refractivity contribution < 1.29 is 13.2 Å². The minimum atomic E-state index is -3.86. The molecule has 0 saturated carbocycles. The number of rotatable bonds is 7. The van der Waals surface area contributed by atoms with Gasteiger partial charge in [0.15, 0.2) is 0 Å². The highest BCUT2D eigenvalue weighted by Crippen LogP contribution is 2.28. The van der Waals surface area contributed by atoms with E-state index in [4.69, 9.17) is 11.3 Å². The lowest BCUT2D eigenvalue weighted by Gasteiger charge is -2.09. The summed E-state index contributed by atoms with van der Waals surface area (Å²) >= 11 is 0. The molecule has 10 nitrogen and oxygen atoms in total. The summed E-state index contributed by atoms with van der Waals surface area (Å²) in [5.41, 5.74) is 1.52. The molecular formula is C16H15N7O3S. The molecule has 3 aromatic rings.